The fourth-order valence-corrected chi connectivity index (χ4v) is 2.53. The van der Waals surface area contributed by atoms with Crippen molar-refractivity contribution in [1.82, 2.24) is 4.98 Å². The van der Waals surface area contributed by atoms with Gasteiger partial charge in [-0.3, -0.25) is 4.98 Å². The summed E-state index contributed by atoms with van der Waals surface area (Å²) in [5, 5.41) is 10.7. The summed E-state index contributed by atoms with van der Waals surface area (Å²) < 4.78 is 0. The summed E-state index contributed by atoms with van der Waals surface area (Å²) in [6.45, 7) is 2.61. The van der Waals surface area contributed by atoms with E-state index in [9.17, 15) is 5.11 Å². The second-order valence-corrected chi connectivity index (χ2v) is 4.44. The summed E-state index contributed by atoms with van der Waals surface area (Å²) >= 11 is 0. The van der Waals surface area contributed by atoms with Gasteiger partial charge >= 0.3 is 0 Å². The van der Waals surface area contributed by atoms with Gasteiger partial charge in [-0.15, -0.1) is 0 Å². The van der Waals surface area contributed by atoms with Crippen molar-refractivity contribution >= 4 is 0 Å². The van der Waals surface area contributed by atoms with Crippen LogP contribution in [0.3, 0.4) is 0 Å². The molecule has 0 saturated carbocycles. The molecule has 0 radical (unpaired) electrons. The molecule has 0 aromatic carbocycles. The summed E-state index contributed by atoms with van der Waals surface area (Å²) in [6.07, 6.45) is 6.26. The Labute approximate surface area is 90.3 Å². The predicted octanol–water partition coefficient (Wildman–Crippen LogP) is 1.20. The third kappa shape index (κ3) is 1.66. The predicted molar refractivity (Wildman–Crippen MR) is 59.3 cm³/mol. The van der Waals surface area contributed by atoms with Crippen LogP contribution in [0.15, 0.2) is 18.5 Å². The van der Waals surface area contributed by atoms with Gasteiger partial charge in [0.1, 0.15) is 0 Å². The molecule has 0 fully saturated rings. The Bertz CT molecular complexity index is 353. The van der Waals surface area contributed by atoms with Crippen LogP contribution >= 0.6 is 0 Å². The quantitative estimate of drug-likeness (QED) is 0.764. The molecule has 15 heavy (non-hydrogen) atoms. The fourth-order valence-electron chi connectivity index (χ4n) is 2.53. The maximum absolute atomic E-state index is 10.7. The van der Waals surface area contributed by atoms with Gasteiger partial charge in [0.2, 0.25) is 0 Å². The summed E-state index contributed by atoms with van der Waals surface area (Å²) in [6, 6.07) is 1.93. The highest BCUT2D eigenvalue weighted by Gasteiger charge is 2.39. The van der Waals surface area contributed by atoms with Crippen LogP contribution in [0.25, 0.3) is 0 Å². The van der Waals surface area contributed by atoms with Crippen molar-refractivity contribution in [3.8, 4) is 0 Å². The molecule has 3 N–H and O–H groups in total. The molecule has 82 valence electrons. The zero-order valence-corrected chi connectivity index (χ0v) is 9.11. The zero-order chi connectivity index (χ0) is 10.9. The Hall–Kier alpha value is -0.930. The van der Waals surface area contributed by atoms with E-state index in [0.29, 0.717) is 13.0 Å². The van der Waals surface area contributed by atoms with E-state index in [4.69, 9.17) is 5.73 Å². The number of nitrogens with two attached hydrogens (primary N) is 1. The molecule has 1 aliphatic rings. The van der Waals surface area contributed by atoms with E-state index in [0.717, 1.165) is 18.4 Å². The van der Waals surface area contributed by atoms with E-state index < -0.39 is 5.60 Å². The number of aliphatic hydroxyl groups is 1. The number of aryl methyl sites for hydroxylation is 1. The molecule has 3 heteroatoms. The molecule has 1 heterocycles. The number of hydrogen-bond acceptors (Lipinski definition) is 3. The van der Waals surface area contributed by atoms with Crippen LogP contribution in [0, 0.1) is 5.92 Å². The van der Waals surface area contributed by atoms with Crippen LogP contribution in [0.5, 0.6) is 0 Å². The lowest BCUT2D eigenvalue weighted by molar-refractivity contribution is -0.0334. The summed E-state index contributed by atoms with van der Waals surface area (Å²) in [5.74, 6) is 0.274. The first kappa shape index (κ1) is 10.6. The third-order valence-electron chi connectivity index (χ3n) is 3.56. The van der Waals surface area contributed by atoms with Gasteiger partial charge in [0.15, 0.2) is 0 Å². The molecule has 2 unspecified atom stereocenters. The number of aromatic nitrogens is 1. The molecular weight excluding hydrogens is 188 g/mol. The number of rotatable bonds is 2. The van der Waals surface area contributed by atoms with Gasteiger partial charge in [-0.1, -0.05) is 6.92 Å². The van der Waals surface area contributed by atoms with Crippen molar-refractivity contribution in [2.24, 2.45) is 11.7 Å². The lowest BCUT2D eigenvalue weighted by atomic mass is 9.71. The first-order valence-electron chi connectivity index (χ1n) is 5.54. The normalized spacial score (nSPS) is 29.9. The first-order chi connectivity index (χ1) is 7.18. The number of pyridine rings is 1. The molecule has 2 atom stereocenters. The van der Waals surface area contributed by atoms with Crippen molar-refractivity contribution in [2.75, 3.05) is 6.54 Å². The highest BCUT2D eigenvalue weighted by atomic mass is 16.3. The second-order valence-electron chi connectivity index (χ2n) is 4.44. The van der Waals surface area contributed by atoms with Crippen LogP contribution in [-0.2, 0) is 12.0 Å². The fraction of sp³-hybridized carbons (Fsp3) is 0.583. The highest BCUT2D eigenvalue weighted by molar-refractivity contribution is 5.33. The Kier molecular flexibility index (Phi) is 2.76. The molecule has 1 aromatic heterocycles. The lowest BCUT2D eigenvalue weighted by Crippen LogP contribution is -2.39. The van der Waals surface area contributed by atoms with Crippen molar-refractivity contribution in [2.45, 2.75) is 31.8 Å². The maximum atomic E-state index is 10.7. The molecule has 0 aliphatic heterocycles. The van der Waals surface area contributed by atoms with E-state index in [2.05, 4.69) is 11.9 Å². The van der Waals surface area contributed by atoms with Crippen molar-refractivity contribution in [3.05, 3.63) is 29.6 Å². The van der Waals surface area contributed by atoms with E-state index in [1.54, 1.807) is 6.20 Å². The van der Waals surface area contributed by atoms with Gasteiger partial charge in [-0.2, -0.15) is 0 Å². The van der Waals surface area contributed by atoms with Gasteiger partial charge in [-0.25, -0.2) is 0 Å². The summed E-state index contributed by atoms with van der Waals surface area (Å²) in [7, 11) is 0. The van der Waals surface area contributed by atoms with Crippen molar-refractivity contribution in [3.63, 3.8) is 0 Å². The Balaban J connectivity index is 2.45. The van der Waals surface area contributed by atoms with E-state index in [1.165, 1.54) is 5.56 Å². The van der Waals surface area contributed by atoms with Crippen LogP contribution in [-0.4, -0.2) is 16.6 Å². The molecule has 3 nitrogen and oxygen atoms in total. The Morgan fingerprint density at radius 1 is 1.67 bits per heavy atom. The lowest BCUT2D eigenvalue weighted by Gasteiger charge is -2.39. The largest absolute Gasteiger partial charge is 0.385 e. The van der Waals surface area contributed by atoms with Crippen molar-refractivity contribution < 1.29 is 5.11 Å². The number of nitrogens with zero attached hydrogens (tertiary/aromatic N) is 1. The van der Waals surface area contributed by atoms with E-state index >= 15 is 0 Å². The zero-order valence-electron chi connectivity index (χ0n) is 9.11. The minimum atomic E-state index is -0.745. The van der Waals surface area contributed by atoms with Gasteiger partial charge in [-0.05, 0) is 48.9 Å². The topological polar surface area (TPSA) is 59.1 Å². The van der Waals surface area contributed by atoms with Gasteiger partial charge in [0.25, 0.3) is 0 Å². The van der Waals surface area contributed by atoms with Gasteiger partial charge in [0.05, 0.1) is 5.60 Å². The van der Waals surface area contributed by atoms with Crippen molar-refractivity contribution in [1.29, 1.82) is 0 Å². The highest BCUT2D eigenvalue weighted by Crippen LogP contribution is 2.41. The molecule has 0 amide bonds. The molecule has 0 spiro atoms. The Morgan fingerprint density at radius 2 is 2.47 bits per heavy atom. The average Bonchev–Trinajstić information content (AvgIpc) is 2.25. The summed E-state index contributed by atoms with van der Waals surface area (Å²) in [5.41, 5.74) is 7.05. The van der Waals surface area contributed by atoms with Gasteiger partial charge < -0.3 is 10.8 Å². The molecule has 1 aliphatic carbocycles. The van der Waals surface area contributed by atoms with E-state index in [-0.39, 0.29) is 5.92 Å². The maximum Gasteiger partial charge on any atom is 0.0937 e. The van der Waals surface area contributed by atoms with Crippen LogP contribution in [0.4, 0.5) is 0 Å². The van der Waals surface area contributed by atoms with Crippen LogP contribution in [0.2, 0.25) is 0 Å². The summed E-state index contributed by atoms with van der Waals surface area (Å²) in [4.78, 5) is 4.11. The molecule has 2 rings (SSSR count). The number of fused-ring (bicyclic) bond motifs is 1. The molecule has 1 aromatic rings. The smallest absolute Gasteiger partial charge is 0.0937 e. The monoisotopic (exact) mass is 206 g/mol. The standard InChI is InChI=1S/C12H18N2O/c1-9-2-3-10-8-14-7-4-11(10)12(9,15)5-6-13/h4,7-9,15H,2-3,5-6,13H2,1H3. The second kappa shape index (κ2) is 3.91. The average molecular weight is 206 g/mol. The number of hydrogen-bond donors (Lipinski definition) is 2. The molecule has 0 saturated heterocycles. The van der Waals surface area contributed by atoms with Crippen LogP contribution in [0.1, 0.15) is 30.9 Å². The SMILES string of the molecule is CC1CCc2cnccc2C1(O)CCN. The van der Waals surface area contributed by atoms with Gasteiger partial charge in [0, 0.05) is 12.4 Å². The third-order valence-corrected chi connectivity index (χ3v) is 3.56. The first-order valence-corrected chi connectivity index (χ1v) is 5.54. The minimum Gasteiger partial charge on any atom is -0.385 e. The Morgan fingerprint density at radius 3 is 3.20 bits per heavy atom. The molecular formula is C12H18N2O. The van der Waals surface area contributed by atoms with E-state index in [1.807, 2.05) is 12.3 Å². The van der Waals surface area contributed by atoms with Crippen LogP contribution < -0.4 is 5.73 Å². The minimum absolute atomic E-state index is 0.274. The molecule has 0 bridgehead atoms.